The Hall–Kier alpha value is 1.10. The molecule has 0 aliphatic carbocycles. The van der Waals surface area contributed by atoms with Crippen molar-refractivity contribution in [2.75, 3.05) is 0 Å². The normalized spacial score (nSPS) is 6.75. The van der Waals surface area contributed by atoms with E-state index in [2.05, 4.69) is 13.8 Å². The van der Waals surface area contributed by atoms with Crippen LogP contribution in [-0.2, 0) is 19.5 Å². The predicted molar refractivity (Wildman–Crippen MR) is 40.1 cm³/mol. The maximum Gasteiger partial charge on any atom is 0 e. The fraction of sp³-hybridized carbons (Fsp3) is 1.00. The Kier molecular flexibility index (Phi) is 31.5. The molecule has 8 heavy (non-hydrogen) atoms. The molecule has 0 aliphatic heterocycles. The molecular formula is C6H15BrZn. The van der Waals surface area contributed by atoms with Gasteiger partial charge in [0.25, 0.3) is 0 Å². The SMILES string of the molecule is Br.CCCCCC.[Zn]. The molecule has 0 unspecified atom stereocenters. The first-order valence-corrected chi connectivity index (χ1v) is 2.91. The second-order valence-corrected chi connectivity index (χ2v) is 1.71. The molecule has 0 saturated heterocycles. The average Bonchev–Trinajstić information content (AvgIpc) is 1.61. The largest absolute Gasteiger partial charge is 0.114 e. The molecule has 0 radical (unpaired) electrons. The summed E-state index contributed by atoms with van der Waals surface area (Å²) in [5.74, 6) is 0. The summed E-state index contributed by atoms with van der Waals surface area (Å²) in [6.07, 6.45) is 5.54. The van der Waals surface area contributed by atoms with E-state index in [1.807, 2.05) is 0 Å². The monoisotopic (exact) mass is 230 g/mol. The van der Waals surface area contributed by atoms with Crippen molar-refractivity contribution in [3.05, 3.63) is 0 Å². The third-order valence-corrected chi connectivity index (χ3v) is 0.957. The van der Waals surface area contributed by atoms with Crippen LogP contribution in [0.25, 0.3) is 0 Å². The first-order chi connectivity index (χ1) is 2.91. The van der Waals surface area contributed by atoms with Crippen molar-refractivity contribution in [2.45, 2.75) is 39.5 Å². The van der Waals surface area contributed by atoms with E-state index >= 15 is 0 Å². The first kappa shape index (κ1) is 16.0. The summed E-state index contributed by atoms with van der Waals surface area (Å²) in [7, 11) is 0. The fourth-order valence-electron chi connectivity index (χ4n) is 0.500. The molecule has 0 rings (SSSR count). The summed E-state index contributed by atoms with van der Waals surface area (Å²) < 4.78 is 0. The van der Waals surface area contributed by atoms with Gasteiger partial charge in [-0.1, -0.05) is 39.5 Å². The smallest absolute Gasteiger partial charge is 0 e. The van der Waals surface area contributed by atoms with Crippen LogP contribution < -0.4 is 0 Å². The molecule has 0 saturated carbocycles. The number of halogens is 1. The second-order valence-electron chi connectivity index (χ2n) is 1.71. The topological polar surface area (TPSA) is 0 Å². The van der Waals surface area contributed by atoms with E-state index in [1.54, 1.807) is 0 Å². The van der Waals surface area contributed by atoms with Crippen LogP contribution in [0.15, 0.2) is 0 Å². The van der Waals surface area contributed by atoms with E-state index in [1.165, 1.54) is 25.7 Å². The van der Waals surface area contributed by atoms with Gasteiger partial charge in [0.15, 0.2) is 0 Å². The van der Waals surface area contributed by atoms with Crippen LogP contribution >= 0.6 is 17.0 Å². The minimum absolute atomic E-state index is 0. The molecule has 0 fully saturated rings. The van der Waals surface area contributed by atoms with Crippen LogP contribution in [0, 0.1) is 0 Å². The zero-order valence-electron chi connectivity index (χ0n) is 5.94. The summed E-state index contributed by atoms with van der Waals surface area (Å²) in [6.45, 7) is 4.46. The molecule has 0 atom stereocenters. The van der Waals surface area contributed by atoms with Crippen molar-refractivity contribution in [3.63, 3.8) is 0 Å². The van der Waals surface area contributed by atoms with E-state index in [0.717, 1.165) is 0 Å². The quantitative estimate of drug-likeness (QED) is 0.518. The van der Waals surface area contributed by atoms with E-state index in [9.17, 15) is 0 Å². The van der Waals surface area contributed by atoms with Crippen LogP contribution in [0.1, 0.15) is 39.5 Å². The molecule has 0 aromatic carbocycles. The van der Waals surface area contributed by atoms with Gasteiger partial charge in [0.1, 0.15) is 0 Å². The summed E-state index contributed by atoms with van der Waals surface area (Å²) in [4.78, 5) is 0. The zero-order valence-corrected chi connectivity index (χ0v) is 10.6. The van der Waals surface area contributed by atoms with Crippen molar-refractivity contribution in [1.29, 1.82) is 0 Å². The molecule has 0 N–H and O–H groups in total. The van der Waals surface area contributed by atoms with Gasteiger partial charge in [-0.25, -0.2) is 0 Å². The van der Waals surface area contributed by atoms with Crippen molar-refractivity contribution >= 4 is 17.0 Å². The van der Waals surface area contributed by atoms with E-state index < -0.39 is 0 Å². The molecule has 0 aromatic heterocycles. The summed E-state index contributed by atoms with van der Waals surface area (Å²) in [5, 5.41) is 0. The van der Waals surface area contributed by atoms with Crippen molar-refractivity contribution < 1.29 is 19.5 Å². The summed E-state index contributed by atoms with van der Waals surface area (Å²) >= 11 is 0. The zero-order chi connectivity index (χ0) is 4.83. The van der Waals surface area contributed by atoms with Gasteiger partial charge in [-0.15, -0.1) is 17.0 Å². The van der Waals surface area contributed by atoms with Crippen LogP contribution in [-0.4, -0.2) is 0 Å². The summed E-state index contributed by atoms with van der Waals surface area (Å²) in [5.41, 5.74) is 0. The second kappa shape index (κ2) is 15.7. The third-order valence-electron chi connectivity index (χ3n) is 0.957. The van der Waals surface area contributed by atoms with Gasteiger partial charge in [0, 0.05) is 19.5 Å². The van der Waals surface area contributed by atoms with Crippen LogP contribution in [0.5, 0.6) is 0 Å². The van der Waals surface area contributed by atoms with Crippen molar-refractivity contribution in [1.82, 2.24) is 0 Å². The molecule has 0 nitrogen and oxygen atoms in total. The molecule has 0 spiro atoms. The van der Waals surface area contributed by atoms with Crippen molar-refractivity contribution in [3.8, 4) is 0 Å². The van der Waals surface area contributed by atoms with E-state index in [0.29, 0.717) is 0 Å². The molecule has 0 bridgehead atoms. The van der Waals surface area contributed by atoms with Gasteiger partial charge in [0.05, 0.1) is 0 Å². The molecule has 0 aromatic rings. The number of hydrogen-bond donors (Lipinski definition) is 0. The van der Waals surface area contributed by atoms with Gasteiger partial charge in [0.2, 0.25) is 0 Å². The van der Waals surface area contributed by atoms with Crippen LogP contribution in [0.4, 0.5) is 0 Å². The third kappa shape index (κ3) is 15.7. The standard InChI is InChI=1S/C6H14.BrH.Zn/c1-3-5-6-4-2;;/h3-6H2,1-2H3;1H;. The molecular weight excluding hydrogens is 217 g/mol. The molecule has 0 aliphatic rings. The van der Waals surface area contributed by atoms with Crippen LogP contribution in [0.3, 0.4) is 0 Å². The van der Waals surface area contributed by atoms with Gasteiger partial charge in [-0.05, 0) is 0 Å². The molecule has 2 heteroatoms. The predicted octanol–water partition coefficient (Wildman–Crippen LogP) is 3.16. The number of unbranched alkanes of at least 4 members (excludes halogenated alkanes) is 3. The Morgan fingerprint density at radius 2 is 1.12 bits per heavy atom. The first-order valence-electron chi connectivity index (χ1n) is 2.91. The maximum atomic E-state index is 2.23. The minimum Gasteiger partial charge on any atom is -0.114 e. The Balaban J connectivity index is -0.000000125. The summed E-state index contributed by atoms with van der Waals surface area (Å²) in [6, 6.07) is 0. The Labute approximate surface area is 76.0 Å². The number of rotatable bonds is 3. The van der Waals surface area contributed by atoms with Gasteiger partial charge >= 0.3 is 0 Å². The van der Waals surface area contributed by atoms with E-state index in [4.69, 9.17) is 0 Å². The molecule has 0 heterocycles. The van der Waals surface area contributed by atoms with Crippen molar-refractivity contribution in [2.24, 2.45) is 0 Å². The number of hydrogen-bond acceptors (Lipinski definition) is 0. The van der Waals surface area contributed by atoms with Gasteiger partial charge < -0.3 is 0 Å². The van der Waals surface area contributed by atoms with E-state index in [-0.39, 0.29) is 36.5 Å². The Morgan fingerprint density at radius 3 is 1.25 bits per heavy atom. The molecule has 0 amide bonds. The van der Waals surface area contributed by atoms with Gasteiger partial charge in [-0.2, -0.15) is 0 Å². The van der Waals surface area contributed by atoms with Gasteiger partial charge in [-0.3, -0.25) is 0 Å². The minimum atomic E-state index is 0. The Bertz CT molecular complexity index is 20.5. The molecule has 48 valence electrons. The van der Waals surface area contributed by atoms with Crippen LogP contribution in [0.2, 0.25) is 0 Å². The Morgan fingerprint density at radius 1 is 0.875 bits per heavy atom. The average molecular weight is 232 g/mol. The maximum absolute atomic E-state index is 2.23. The fourth-order valence-corrected chi connectivity index (χ4v) is 0.500.